The summed E-state index contributed by atoms with van der Waals surface area (Å²) in [5.41, 5.74) is 0.723. The van der Waals surface area contributed by atoms with Crippen LogP contribution in [-0.2, 0) is 9.59 Å². The number of carbonyl (C=O) groups excluding carboxylic acids is 2. The molecular weight excluding hydrogens is 423 g/mol. The van der Waals surface area contributed by atoms with Gasteiger partial charge in [-0.1, -0.05) is 36.0 Å². The Morgan fingerprint density at radius 1 is 1.00 bits per heavy atom. The zero-order chi connectivity index (χ0) is 20.3. The normalized spacial score (nSPS) is 19.1. The van der Waals surface area contributed by atoms with Gasteiger partial charge in [0, 0.05) is 15.7 Å². The Kier molecular flexibility index (Phi) is 6.59. The number of carboxylic acids is 1. The molecule has 3 rings (SSSR count). The average Bonchev–Trinajstić information content (AvgIpc) is 3.09. The second-order valence-corrected chi connectivity index (χ2v) is 8.39. The van der Waals surface area contributed by atoms with E-state index in [0.717, 1.165) is 12.8 Å². The summed E-state index contributed by atoms with van der Waals surface area (Å²) in [5.74, 6) is -3.04. The van der Waals surface area contributed by atoms with E-state index in [1.807, 2.05) is 0 Å². The van der Waals surface area contributed by atoms with E-state index >= 15 is 0 Å². The highest BCUT2D eigenvalue weighted by atomic mass is 35.5. The minimum Gasteiger partial charge on any atom is -0.481 e. The Balaban J connectivity index is 1.73. The van der Waals surface area contributed by atoms with Crippen LogP contribution in [0.3, 0.4) is 0 Å². The molecule has 2 atom stereocenters. The molecule has 1 aromatic heterocycles. The number of anilines is 2. The molecule has 1 aliphatic rings. The first-order valence-corrected chi connectivity index (χ1v) is 10.4. The molecular formula is C19H18Cl2N2O4S. The van der Waals surface area contributed by atoms with Crippen LogP contribution in [0.1, 0.15) is 36.0 Å². The number of thiophene rings is 1. The van der Waals surface area contributed by atoms with E-state index in [-0.39, 0.29) is 11.5 Å². The highest BCUT2D eigenvalue weighted by Gasteiger charge is 2.36. The lowest BCUT2D eigenvalue weighted by atomic mass is 9.79. The molecule has 3 N–H and O–H groups in total. The van der Waals surface area contributed by atoms with Crippen molar-refractivity contribution < 1.29 is 19.5 Å². The number of nitrogens with one attached hydrogen (secondary N) is 2. The van der Waals surface area contributed by atoms with Gasteiger partial charge in [0.2, 0.25) is 5.91 Å². The van der Waals surface area contributed by atoms with Gasteiger partial charge in [-0.15, -0.1) is 11.3 Å². The van der Waals surface area contributed by atoms with Crippen LogP contribution in [0.15, 0.2) is 29.6 Å². The molecule has 148 valence electrons. The van der Waals surface area contributed by atoms with Gasteiger partial charge in [0.1, 0.15) is 5.00 Å². The Morgan fingerprint density at radius 3 is 2.29 bits per heavy atom. The SMILES string of the molecule is O=C(Nc1cc(Cl)cc(Cl)c1)c1ccsc1NC(=O)[C@@H]1CCCC[C@@H]1C(=O)O. The minimum absolute atomic E-state index is 0.289. The van der Waals surface area contributed by atoms with E-state index in [9.17, 15) is 19.5 Å². The Hall–Kier alpha value is -2.09. The molecule has 0 bridgehead atoms. The van der Waals surface area contributed by atoms with Crippen molar-refractivity contribution in [3.8, 4) is 0 Å². The lowest BCUT2D eigenvalue weighted by Gasteiger charge is -2.27. The molecule has 1 aliphatic carbocycles. The summed E-state index contributed by atoms with van der Waals surface area (Å²) in [5, 5.41) is 17.7. The molecule has 2 aromatic rings. The van der Waals surface area contributed by atoms with Crippen LogP contribution in [0.4, 0.5) is 10.7 Å². The zero-order valence-corrected chi connectivity index (χ0v) is 17.0. The maximum atomic E-state index is 12.7. The van der Waals surface area contributed by atoms with E-state index in [2.05, 4.69) is 10.6 Å². The van der Waals surface area contributed by atoms with Gasteiger partial charge in [-0.25, -0.2) is 0 Å². The van der Waals surface area contributed by atoms with Crippen LogP contribution in [0.25, 0.3) is 0 Å². The molecule has 0 radical (unpaired) electrons. The summed E-state index contributed by atoms with van der Waals surface area (Å²) in [6.45, 7) is 0. The molecule has 1 heterocycles. The Bertz CT molecular complexity index is 895. The summed E-state index contributed by atoms with van der Waals surface area (Å²) in [6, 6.07) is 6.28. The lowest BCUT2D eigenvalue weighted by molar-refractivity contribution is -0.147. The fourth-order valence-corrected chi connectivity index (χ4v) is 4.67. The van der Waals surface area contributed by atoms with E-state index < -0.39 is 23.7 Å². The first-order valence-electron chi connectivity index (χ1n) is 8.74. The summed E-state index contributed by atoms with van der Waals surface area (Å²) in [6.07, 6.45) is 2.63. The molecule has 1 aromatic carbocycles. The quantitative estimate of drug-likeness (QED) is 0.599. The van der Waals surface area contributed by atoms with Gasteiger partial charge in [-0.3, -0.25) is 14.4 Å². The maximum absolute atomic E-state index is 12.7. The fraction of sp³-hybridized carbons (Fsp3) is 0.316. The molecule has 1 saturated carbocycles. The van der Waals surface area contributed by atoms with Crippen LogP contribution < -0.4 is 10.6 Å². The molecule has 0 spiro atoms. The van der Waals surface area contributed by atoms with E-state index in [0.29, 0.717) is 33.6 Å². The van der Waals surface area contributed by atoms with Crippen LogP contribution in [0.5, 0.6) is 0 Å². The standard InChI is InChI=1S/C19H18Cl2N2O4S/c20-10-7-11(21)9-12(8-10)22-17(25)15-5-6-28-18(15)23-16(24)13-3-1-2-4-14(13)19(26)27/h5-9,13-14H,1-4H2,(H,22,25)(H,23,24)(H,26,27)/t13-,14+/m1/s1. The van der Waals surface area contributed by atoms with Gasteiger partial charge in [0.25, 0.3) is 5.91 Å². The van der Waals surface area contributed by atoms with Crippen molar-refractivity contribution in [2.24, 2.45) is 11.8 Å². The molecule has 2 amide bonds. The highest BCUT2D eigenvalue weighted by Crippen LogP contribution is 2.33. The molecule has 0 saturated heterocycles. The number of hydrogen-bond donors (Lipinski definition) is 3. The number of rotatable bonds is 5. The number of aliphatic carboxylic acids is 1. The number of amides is 2. The minimum atomic E-state index is -0.957. The molecule has 1 fully saturated rings. The van der Waals surface area contributed by atoms with Crippen molar-refractivity contribution in [3.05, 3.63) is 45.3 Å². The predicted octanol–water partition coefficient (Wildman–Crippen LogP) is 5.14. The van der Waals surface area contributed by atoms with Crippen molar-refractivity contribution in [1.82, 2.24) is 0 Å². The zero-order valence-electron chi connectivity index (χ0n) is 14.7. The van der Waals surface area contributed by atoms with Crippen molar-refractivity contribution in [2.75, 3.05) is 10.6 Å². The number of halogens is 2. The number of carbonyl (C=O) groups is 3. The van der Waals surface area contributed by atoms with Crippen LogP contribution in [0.2, 0.25) is 10.0 Å². The molecule has 6 nitrogen and oxygen atoms in total. The summed E-state index contributed by atoms with van der Waals surface area (Å²) < 4.78 is 0. The molecule has 9 heteroatoms. The van der Waals surface area contributed by atoms with Crippen molar-refractivity contribution >= 4 is 63.0 Å². The third kappa shape index (κ3) is 4.84. The highest BCUT2D eigenvalue weighted by molar-refractivity contribution is 7.14. The maximum Gasteiger partial charge on any atom is 0.307 e. The van der Waals surface area contributed by atoms with Gasteiger partial charge in [-0.05, 0) is 42.5 Å². The number of hydrogen-bond acceptors (Lipinski definition) is 4. The Labute approximate surface area is 175 Å². The lowest BCUT2D eigenvalue weighted by Crippen LogP contribution is -2.36. The smallest absolute Gasteiger partial charge is 0.307 e. The van der Waals surface area contributed by atoms with Crippen molar-refractivity contribution in [3.63, 3.8) is 0 Å². The third-order valence-electron chi connectivity index (χ3n) is 4.69. The molecule has 0 aliphatic heterocycles. The van der Waals surface area contributed by atoms with E-state index in [1.165, 1.54) is 11.3 Å². The third-order valence-corrected chi connectivity index (χ3v) is 5.95. The van der Waals surface area contributed by atoms with Gasteiger partial charge in [0.15, 0.2) is 0 Å². The van der Waals surface area contributed by atoms with Crippen molar-refractivity contribution in [2.45, 2.75) is 25.7 Å². The predicted molar refractivity (Wildman–Crippen MR) is 110 cm³/mol. The second kappa shape index (κ2) is 8.94. The largest absolute Gasteiger partial charge is 0.481 e. The van der Waals surface area contributed by atoms with Gasteiger partial charge in [-0.2, -0.15) is 0 Å². The second-order valence-electron chi connectivity index (χ2n) is 6.60. The summed E-state index contributed by atoms with van der Waals surface area (Å²) >= 11 is 13.1. The summed E-state index contributed by atoms with van der Waals surface area (Å²) in [7, 11) is 0. The molecule has 28 heavy (non-hydrogen) atoms. The van der Waals surface area contributed by atoms with Crippen LogP contribution in [0, 0.1) is 11.8 Å². The average molecular weight is 441 g/mol. The first-order chi connectivity index (χ1) is 13.3. The van der Waals surface area contributed by atoms with Crippen LogP contribution in [-0.4, -0.2) is 22.9 Å². The number of carboxylic acid groups (broad SMARTS) is 1. The fourth-order valence-electron chi connectivity index (χ4n) is 3.35. The van der Waals surface area contributed by atoms with Gasteiger partial charge >= 0.3 is 5.97 Å². The van der Waals surface area contributed by atoms with E-state index in [4.69, 9.17) is 23.2 Å². The van der Waals surface area contributed by atoms with Crippen LogP contribution >= 0.6 is 34.5 Å². The number of benzene rings is 1. The van der Waals surface area contributed by atoms with Crippen molar-refractivity contribution in [1.29, 1.82) is 0 Å². The summed E-state index contributed by atoms with van der Waals surface area (Å²) in [4.78, 5) is 36.7. The molecule has 0 unspecified atom stereocenters. The Morgan fingerprint density at radius 2 is 1.64 bits per heavy atom. The monoisotopic (exact) mass is 440 g/mol. The van der Waals surface area contributed by atoms with Gasteiger partial charge in [0.05, 0.1) is 17.4 Å². The van der Waals surface area contributed by atoms with E-state index in [1.54, 1.807) is 29.6 Å². The topological polar surface area (TPSA) is 95.5 Å². The van der Waals surface area contributed by atoms with Gasteiger partial charge < -0.3 is 15.7 Å². The first kappa shape index (κ1) is 20.6.